The summed E-state index contributed by atoms with van der Waals surface area (Å²) in [6.07, 6.45) is 3.11. The van der Waals surface area contributed by atoms with Crippen molar-refractivity contribution in [1.29, 1.82) is 0 Å². The van der Waals surface area contributed by atoms with Gasteiger partial charge < -0.3 is 9.72 Å². The summed E-state index contributed by atoms with van der Waals surface area (Å²) < 4.78 is 5.81. The molecule has 4 heteroatoms. The molecule has 1 aliphatic rings. The number of rotatable bonds is 4. The van der Waals surface area contributed by atoms with Crippen LogP contribution in [0.15, 0.2) is 23.0 Å². The molecule has 1 saturated carbocycles. The minimum Gasteiger partial charge on any atom is -0.491 e. The summed E-state index contributed by atoms with van der Waals surface area (Å²) in [4.78, 5) is 14.8. The Kier molecular flexibility index (Phi) is 3.25. The molecule has 3 rings (SSSR count). The van der Waals surface area contributed by atoms with Gasteiger partial charge in [0.2, 0.25) is 0 Å². The van der Waals surface area contributed by atoms with E-state index in [1.54, 1.807) is 0 Å². The van der Waals surface area contributed by atoms with E-state index >= 15 is 0 Å². The van der Waals surface area contributed by atoms with Crippen molar-refractivity contribution in [3.63, 3.8) is 0 Å². The van der Waals surface area contributed by atoms with Gasteiger partial charge in [-0.05, 0) is 31.4 Å². The predicted octanol–water partition coefficient (Wildman–Crippen LogP) is 3.92. The molecule has 0 unspecified atom stereocenters. The molecule has 0 radical (unpaired) electrons. The van der Waals surface area contributed by atoms with Gasteiger partial charge in [-0.25, -0.2) is 0 Å². The monoisotopic (exact) mass is 291 g/mol. The summed E-state index contributed by atoms with van der Waals surface area (Å²) >= 11 is 6.27. The van der Waals surface area contributed by atoms with Crippen molar-refractivity contribution >= 4 is 22.5 Å². The first kappa shape index (κ1) is 13.5. The van der Waals surface area contributed by atoms with Crippen LogP contribution in [0.3, 0.4) is 0 Å². The largest absolute Gasteiger partial charge is 0.491 e. The molecule has 1 aromatic carbocycles. The quantitative estimate of drug-likeness (QED) is 0.927. The normalized spacial score (nSPS) is 16.4. The van der Waals surface area contributed by atoms with Crippen molar-refractivity contribution in [3.05, 3.63) is 39.1 Å². The zero-order valence-corrected chi connectivity index (χ0v) is 12.5. The number of fused-ring (bicyclic) bond motifs is 1. The molecule has 0 atom stereocenters. The van der Waals surface area contributed by atoms with Crippen LogP contribution in [0, 0.1) is 5.41 Å². The number of aromatic amines is 1. The molecule has 0 spiro atoms. The van der Waals surface area contributed by atoms with Crippen LogP contribution in [-0.2, 0) is 6.42 Å². The van der Waals surface area contributed by atoms with Crippen molar-refractivity contribution in [1.82, 2.24) is 4.98 Å². The van der Waals surface area contributed by atoms with Crippen LogP contribution in [0.4, 0.5) is 0 Å². The van der Waals surface area contributed by atoms with E-state index in [0.717, 1.165) is 16.5 Å². The molecule has 0 amide bonds. The molecule has 1 N–H and O–H groups in total. The fraction of sp³-hybridized carbons (Fsp3) is 0.438. The topological polar surface area (TPSA) is 42.1 Å². The van der Waals surface area contributed by atoms with Crippen molar-refractivity contribution < 1.29 is 4.74 Å². The number of pyridine rings is 1. The Bertz CT molecular complexity index is 716. The number of hydrogen-bond donors (Lipinski definition) is 1. The fourth-order valence-electron chi connectivity index (χ4n) is 2.24. The Morgan fingerprint density at radius 2 is 2.10 bits per heavy atom. The maximum absolute atomic E-state index is 11.9. The maximum Gasteiger partial charge on any atom is 0.251 e. The molecular formula is C16H18ClNO2. The summed E-state index contributed by atoms with van der Waals surface area (Å²) in [5, 5.41) is 1.53. The second kappa shape index (κ2) is 4.81. The van der Waals surface area contributed by atoms with Gasteiger partial charge in [-0.1, -0.05) is 25.4 Å². The van der Waals surface area contributed by atoms with Gasteiger partial charge in [-0.2, -0.15) is 0 Å². The molecule has 1 aromatic heterocycles. The van der Waals surface area contributed by atoms with E-state index in [9.17, 15) is 4.79 Å². The van der Waals surface area contributed by atoms with Crippen molar-refractivity contribution in [2.24, 2.45) is 5.41 Å². The minimum absolute atomic E-state index is 0.0394. The fourth-order valence-corrected chi connectivity index (χ4v) is 2.46. The number of H-pyrrole nitrogens is 1. The van der Waals surface area contributed by atoms with E-state index in [2.05, 4.69) is 11.9 Å². The molecular weight excluding hydrogens is 274 g/mol. The number of nitrogens with one attached hydrogen (secondary N) is 1. The van der Waals surface area contributed by atoms with Crippen LogP contribution < -0.4 is 10.3 Å². The lowest BCUT2D eigenvalue weighted by molar-refractivity contribution is 0.248. The average Bonchev–Trinajstić information content (AvgIpc) is 3.15. The van der Waals surface area contributed by atoms with Crippen LogP contribution in [0.5, 0.6) is 5.75 Å². The van der Waals surface area contributed by atoms with E-state index in [0.29, 0.717) is 29.2 Å². The highest BCUT2D eigenvalue weighted by molar-refractivity contribution is 6.32. The number of benzene rings is 1. The molecule has 1 fully saturated rings. The lowest BCUT2D eigenvalue weighted by Crippen LogP contribution is -2.12. The highest BCUT2D eigenvalue weighted by atomic mass is 35.5. The molecule has 1 heterocycles. The lowest BCUT2D eigenvalue weighted by atomic mass is 10.1. The lowest BCUT2D eigenvalue weighted by Gasteiger charge is -2.13. The average molecular weight is 292 g/mol. The predicted molar refractivity (Wildman–Crippen MR) is 81.8 cm³/mol. The minimum atomic E-state index is -0.0394. The smallest absolute Gasteiger partial charge is 0.251 e. The Morgan fingerprint density at radius 3 is 2.75 bits per heavy atom. The van der Waals surface area contributed by atoms with E-state index in [4.69, 9.17) is 16.3 Å². The first-order valence-corrected chi connectivity index (χ1v) is 7.37. The van der Waals surface area contributed by atoms with E-state index < -0.39 is 0 Å². The number of ether oxygens (including phenoxy) is 1. The van der Waals surface area contributed by atoms with Crippen LogP contribution in [0.1, 0.15) is 32.3 Å². The van der Waals surface area contributed by atoms with Gasteiger partial charge in [-0.15, -0.1) is 0 Å². The van der Waals surface area contributed by atoms with Gasteiger partial charge in [0.15, 0.2) is 0 Å². The molecule has 20 heavy (non-hydrogen) atoms. The molecule has 2 aromatic rings. The van der Waals surface area contributed by atoms with Gasteiger partial charge in [0.25, 0.3) is 5.56 Å². The summed E-state index contributed by atoms with van der Waals surface area (Å²) in [7, 11) is 0. The SMILES string of the molecule is CCc1cc2cc(Cl)c(OCC3(C)CC3)cc2[nH]c1=O. The van der Waals surface area contributed by atoms with Gasteiger partial charge >= 0.3 is 0 Å². The standard InChI is InChI=1S/C16H18ClNO2/c1-3-10-6-11-7-12(17)14(8-13(11)18-15(10)19)20-9-16(2)4-5-16/h6-8H,3-5,9H2,1-2H3,(H,18,19). The molecule has 0 aliphatic heterocycles. The number of halogens is 1. The highest BCUT2D eigenvalue weighted by Gasteiger charge is 2.38. The van der Waals surface area contributed by atoms with E-state index in [-0.39, 0.29) is 5.56 Å². The highest BCUT2D eigenvalue weighted by Crippen LogP contribution is 2.45. The summed E-state index contributed by atoms with van der Waals surface area (Å²) in [6, 6.07) is 5.58. The Balaban J connectivity index is 1.97. The molecule has 1 aliphatic carbocycles. The third kappa shape index (κ3) is 2.55. The summed E-state index contributed by atoms with van der Waals surface area (Å²) in [5.41, 5.74) is 1.81. The second-order valence-corrected chi connectivity index (χ2v) is 6.35. The number of hydrogen-bond acceptors (Lipinski definition) is 2. The Labute approximate surface area is 122 Å². The third-order valence-electron chi connectivity index (χ3n) is 4.03. The second-order valence-electron chi connectivity index (χ2n) is 5.95. The number of aryl methyl sites for hydroxylation is 1. The first-order valence-electron chi connectivity index (χ1n) is 6.99. The molecule has 0 saturated heterocycles. The summed E-state index contributed by atoms with van der Waals surface area (Å²) in [6.45, 7) is 4.85. The van der Waals surface area contributed by atoms with E-state index in [1.807, 2.05) is 25.1 Å². The van der Waals surface area contributed by atoms with Crippen molar-refractivity contribution in [2.75, 3.05) is 6.61 Å². The third-order valence-corrected chi connectivity index (χ3v) is 4.33. The first-order chi connectivity index (χ1) is 9.50. The van der Waals surface area contributed by atoms with Crippen LogP contribution >= 0.6 is 11.6 Å². The van der Waals surface area contributed by atoms with Crippen molar-refractivity contribution in [2.45, 2.75) is 33.1 Å². The van der Waals surface area contributed by atoms with Gasteiger partial charge in [0.05, 0.1) is 17.1 Å². The Hall–Kier alpha value is -1.48. The van der Waals surface area contributed by atoms with Gasteiger partial charge in [-0.3, -0.25) is 4.79 Å². The Morgan fingerprint density at radius 1 is 1.35 bits per heavy atom. The zero-order valence-electron chi connectivity index (χ0n) is 11.8. The summed E-state index contributed by atoms with van der Waals surface area (Å²) in [5.74, 6) is 0.646. The van der Waals surface area contributed by atoms with Gasteiger partial charge in [0, 0.05) is 22.4 Å². The molecule has 0 bridgehead atoms. The zero-order chi connectivity index (χ0) is 14.3. The molecule has 106 valence electrons. The van der Waals surface area contributed by atoms with Crippen LogP contribution in [0.25, 0.3) is 10.9 Å². The van der Waals surface area contributed by atoms with Crippen LogP contribution in [0.2, 0.25) is 5.02 Å². The maximum atomic E-state index is 11.9. The van der Waals surface area contributed by atoms with Crippen molar-refractivity contribution in [3.8, 4) is 5.75 Å². The van der Waals surface area contributed by atoms with Crippen LogP contribution in [-0.4, -0.2) is 11.6 Å². The van der Waals surface area contributed by atoms with Gasteiger partial charge in [0.1, 0.15) is 5.75 Å². The van der Waals surface area contributed by atoms with E-state index in [1.165, 1.54) is 12.8 Å². The molecule has 3 nitrogen and oxygen atoms in total. The number of aromatic nitrogens is 1.